The third-order valence-corrected chi connectivity index (χ3v) is 3.36. The summed E-state index contributed by atoms with van der Waals surface area (Å²) < 4.78 is 19.2. The third-order valence-electron chi connectivity index (χ3n) is 3.00. The molecule has 0 aromatic heterocycles. The van der Waals surface area contributed by atoms with Crippen LogP contribution < -0.4 is 4.74 Å². The lowest BCUT2D eigenvalue weighted by atomic mass is 10.1. The number of hydrogen-bond acceptors (Lipinski definition) is 3. The largest absolute Gasteiger partial charge is 0.486 e. The Morgan fingerprint density at radius 2 is 2.10 bits per heavy atom. The first-order valence-electron chi connectivity index (χ1n) is 6.30. The maximum atomic E-state index is 13.8. The summed E-state index contributed by atoms with van der Waals surface area (Å²) >= 11 is 6.02. The molecule has 0 fully saturated rings. The van der Waals surface area contributed by atoms with E-state index in [4.69, 9.17) is 21.6 Å². The fourth-order valence-electron chi connectivity index (χ4n) is 1.78. The molecule has 0 saturated heterocycles. The van der Waals surface area contributed by atoms with E-state index < -0.39 is 11.9 Å². The van der Waals surface area contributed by atoms with Crippen molar-refractivity contribution in [1.82, 2.24) is 0 Å². The predicted octanol–water partition coefficient (Wildman–Crippen LogP) is 3.98. The Hall–Kier alpha value is -2.09. The van der Waals surface area contributed by atoms with Gasteiger partial charge in [-0.05, 0) is 36.8 Å². The summed E-state index contributed by atoms with van der Waals surface area (Å²) in [4.78, 5) is 0. The molecular formula is C16H13ClFNO2. The average Bonchev–Trinajstić information content (AvgIpc) is 2.46. The molecule has 0 saturated carbocycles. The third kappa shape index (κ3) is 3.72. The molecular weight excluding hydrogens is 293 g/mol. The molecule has 5 heteroatoms. The summed E-state index contributed by atoms with van der Waals surface area (Å²) in [5.41, 5.74) is 1.60. The molecule has 1 unspecified atom stereocenters. The number of nitriles is 1. The number of ether oxygens (including phenoxy) is 1. The summed E-state index contributed by atoms with van der Waals surface area (Å²) in [6.07, 6.45) is -0.735. The molecule has 0 aliphatic rings. The lowest BCUT2D eigenvalue weighted by Crippen LogP contribution is -2.00. The number of nitrogens with zero attached hydrogens (tertiary/aromatic N) is 1. The topological polar surface area (TPSA) is 53.2 Å². The van der Waals surface area contributed by atoms with Crippen molar-refractivity contribution >= 4 is 11.6 Å². The quantitative estimate of drug-likeness (QED) is 0.929. The Kier molecular flexibility index (Phi) is 4.79. The van der Waals surface area contributed by atoms with Crippen molar-refractivity contribution in [2.75, 3.05) is 0 Å². The molecule has 0 aliphatic heterocycles. The van der Waals surface area contributed by atoms with Crippen LogP contribution in [-0.4, -0.2) is 5.11 Å². The van der Waals surface area contributed by atoms with Gasteiger partial charge in [0.25, 0.3) is 0 Å². The van der Waals surface area contributed by atoms with Crippen LogP contribution in [0.5, 0.6) is 5.75 Å². The summed E-state index contributed by atoms with van der Waals surface area (Å²) in [5, 5.41) is 18.5. The monoisotopic (exact) mass is 305 g/mol. The van der Waals surface area contributed by atoms with E-state index in [1.807, 2.05) is 6.07 Å². The average molecular weight is 306 g/mol. The van der Waals surface area contributed by atoms with Crippen LogP contribution in [0.1, 0.15) is 29.7 Å². The molecule has 2 aromatic rings. The van der Waals surface area contributed by atoms with E-state index in [1.54, 1.807) is 25.1 Å². The number of hydrogen-bond donors (Lipinski definition) is 1. The van der Waals surface area contributed by atoms with Crippen molar-refractivity contribution in [3.63, 3.8) is 0 Å². The standard InChI is InChI=1S/C16H13ClFNO2/c1-10(20)12-4-5-16(15(18)7-12)21-9-13-3-2-11(8-19)6-14(13)17/h2-7,10,20H,9H2,1H3. The Morgan fingerprint density at radius 1 is 1.33 bits per heavy atom. The van der Waals surface area contributed by atoms with E-state index in [0.29, 0.717) is 21.7 Å². The summed E-state index contributed by atoms with van der Waals surface area (Å²) in [6, 6.07) is 11.1. The van der Waals surface area contributed by atoms with E-state index in [0.717, 1.165) is 0 Å². The number of rotatable bonds is 4. The molecule has 21 heavy (non-hydrogen) atoms. The summed E-state index contributed by atoms with van der Waals surface area (Å²) in [5.74, 6) is -0.460. The second-order valence-electron chi connectivity index (χ2n) is 4.57. The smallest absolute Gasteiger partial charge is 0.165 e. The Morgan fingerprint density at radius 3 is 2.67 bits per heavy atom. The molecule has 0 bridgehead atoms. The van der Waals surface area contributed by atoms with Gasteiger partial charge in [-0.25, -0.2) is 4.39 Å². The zero-order valence-electron chi connectivity index (χ0n) is 11.3. The zero-order valence-corrected chi connectivity index (χ0v) is 12.1. The summed E-state index contributed by atoms with van der Waals surface area (Å²) in [7, 11) is 0. The van der Waals surface area contributed by atoms with Crippen molar-refractivity contribution in [3.8, 4) is 11.8 Å². The Labute approximate surface area is 127 Å². The van der Waals surface area contributed by atoms with Crippen LogP contribution in [0.25, 0.3) is 0 Å². The van der Waals surface area contributed by atoms with Crippen molar-refractivity contribution in [1.29, 1.82) is 5.26 Å². The van der Waals surface area contributed by atoms with Gasteiger partial charge in [0, 0.05) is 10.6 Å². The molecule has 0 aliphatic carbocycles. The first-order valence-corrected chi connectivity index (χ1v) is 6.68. The van der Waals surface area contributed by atoms with E-state index in [-0.39, 0.29) is 12.4 Å². The summed E-state index contributed by atoms with van der Waals surface area (Å²) in [6.45, 7) is 1.65. The number of aliphatic hydroxyl groups is 1. The highest BCUT2D eigenvalue weighted by atomic mass is 35.5. The fourth-order valence-corrected chi connectivity index (χ4v) is 2.02. The van der Waals surface area contributed by atoms with Gasteiger partial charge in [0.05, 0.1) is 17.7 Å². The van der Waals surface area contributed by atoms with Crippen LogP contribution in [0.3, 0.4) is 0 Å². The lowest BCUT2D eigenvalue weighted by Gasteiger charge is -2.11. The van der Waals surface area contributed by atoms with Crippen LogP contribution in [0.15, 0.2) is 36.4 Å². The predicted molar refractivity (Wildman–Crippen MR) is 77.5 cm³/mol. The van der Waals surface area contributed by atoms with Crippen molar-refractivity contribution < 1.29 is 14.2 Å². The van der Waals surface area contributed by atoms with E-state index in [2.05, 4.69) is 0 Å². The fraction of sp³-hybridized carbons (Fsp3) is 0.188. The van der Waals surface area contributed by atoms with E-state index >= 15 is 0 Å². The van der Waals surface area contributed by atoms with Crippen molar-refractivity contribution in [2.45, 2.75) is 19.6 Å². The molecule has 0 spiro atoms. The van der Waals surface area contributed by atoms with Gasteiger partial charge in [-0.15, -0.1) is 0 Å². The van der Waals surface area contributed by atoms with Gasteiger partial charge in [0.15, 0.2) is 11.6 Å². The second kappa shape index (κ2) is 6.57. The minimum atomic E-state index is -0.735. The highest BCUT2D eigenvalue weighted by Gasteiger charge is 2.09. The first kappa shape index (κ1) is 15.3. The Bertz CT molecular complexity index is 695. The molecule has 1 atom stereocenters. The molecule has 108 valence electrons. The molecule has 2 rings (SSSR count). The van der Waals surface area contributed by atoms with E-state index in [1.165, 1.54) is 18.2 Å². The molecule has 3 nitrogen and oxygen atoms in total. The maximum absolute atomic E-state index is 13.8. The minimum absolute atomic E-state index is 0.0832. The number of benzene rings is 2. The number of halogens is 2. The van der Waals surface area contributed by atoms with Crippen molar-refractivity contribution in [3.05, 3.63) is 63.9 Å². The molecule has 2 aromatic carbocycles. The van der Waals surface area contributed by atoms with Gasteiger partial charge in [0.2, 0.25) is 0 Å². The highest BCUT2D eigenvalue weighted by Crippen LogP contribution is 2.24. The zero-order chi connectivity index (χ0) is 15.4. The van der Waals surface area contributed by atoms with Crippen LogP contribution in [0, 0.1) is 17.1 Å². The van der Waals surface area contributed by atoms with Gasteiger partial charge in [-0.2, -0.15) is 5.26 Å². The SMILES string of the molecule is CC(O)c1ccc(OCc2ccc(C#N)cc2Cl)c(F)c1. The Balaban J connectivity index is 2.12. The second-order valence-corrected chi connectivity index (χ2v) is 4.98. The van der Waals surface area contributed by atoms with Crippen LogP contribution in [0.4, 0.5) is 4.39 Å². The van der Waals surface area contributed by atoms with Crippen LogP contribution >= 0.6 is 11.6 Å². The van der Waals surface area contributed by atoms with Gasteiger partial charge in [-0.3, -0.25) is 0 Å². The van der Waals surface area contributed by atoms with Gasteiger partial charge in [-0.1, -0.05) is 23.7 Å². The molecule has 0 heterocycles. The van der Waals surface area contributed by atoms with Crippen LogP contribution in [-0.2, 0) is 6.61 Å². The van der Waals surface area contributed by atoms with Gasteiger partial charge in [0.1, 0.15) is 6.61 Å². The highest BCUT2D eigenvalue weighted by molar-refractivity contribution is 6.31. The number of aliphatic hydroxyl groups excluding tert-OH is 1. The molecule has 0 amide bonds. The van der Waals surface area contributed by atoms with Crippen LogP contribution in [0.2, 0.25) is 5.02 Å². The normalized spacial score (nSPS) is 11.8. The minimum Gasteiger partial charge on any atom is -0.486 e. The maximum Gasteiger partial charge on any atom is 0.165 e. The molecule has 0 radical (unpaired) electrons. The lowest BCUT2D eigenvalue weighted by molar-refractivity contribution is 0.198. The first-order chi connectivity index (χ1) is 10.0. The van der Waals surface area contributed by atoms with E-state index in [9.17, 15) is 9.50 Å². The van der Waals surface area contributed by atoms with Gasteiger partial charge >= 0.3 is 0 Å². The van der Waals surface area contributed by atoms with Gasteiger partial charge < -0.3 is 9.84 Å². The van der Waals surface area contributed by atoms with Crippen molar-refractivity contribution in [2.24, 2.45) is 0 Å². The molecule has 1 N–H and O–H groups in total.